The summed E-state index contributed by atoms with van der Waals surface area (Å²) in [5.41, 5.74) is 3.23. The SMILES string of the molecule is Cc1cccn2c(=O)c(C=C(C#N)C#N)c(N(Cc3ccccc3)Cc3ccccc3)nc12. The number of allylic oxidation sites excluding steroid dienone is 1. The van der Waals surface area contributed by atoms with E-state index in [1.54, 1.807) is 12.3 Å². The van der Waals surface area contributed by atoms with E-state index in [9.17, 15) is 15.3 Å². The lowest BCUT2D eigenvalue weighted by Gasteiger charge is -2.26. The summed E-state index contributed by atoms with van der Waals surface area (Å²) in [6.07, 6.45) is 2.98. The van der Waals surface area contributed by atoms with Gasteiger partial charge in [-0.15, -0.1) is 0 Å². The summed E-state index contributed by atoms with van der Waals surface area (Å²) >= 11 is 0. The first-order valence-electron chi connectivity index (χ1n) is 10.5. The molecule has 4 aromatic rings. The molecule has 6 heteroatoms. The summed E-state index contributed by atoms with van der Waals surface area (Å²) in [5, 5.41) is 18.7. The highest BCUT2D eigenvalue weighted by molar-refractivity contribution is 5.72. The van der Waals surface area contributed by atoms with Crippen LogP contribution in [-0.4, -0.2) is 9.38 Å². The molecule has 0 spiro atoms. The van der Waals surface area contributed by atoms with Crippen molar-refractivity contribution in [1.29, 1.82) is 10.5 Å². The first-order valence-corrected chi connectivity index (χ1v) is 10.5. The smallest absolute Gasteiger partial charge is 0.267 e. The highest BCUT2D eigenvalue weighted by Crippen LogP contribution is 2.24. The number of hydrogen-bond donors (Lipinski definition) is 0. The van der Waals surface area contributed by atoms with Crippen molar-refractivity contribution in [3.63, 3.8) is 0 Å². The van der Waals surface area contributed by atoms with E-state index in [2.05, 4.69) is 0 Å². The van der Waals surface area contributed by atoms with Crippen molar-refractivity contribution < 1.29 is 0 Å². The maximum atomic E-state index is 13.5. The molecule has 0 saturated carbocycles. The predicted octanol–water partition coefficient (Wildman–Crippen LogP) is 4.64. The molecular formula is C27H21N5O. The van der Waals surface area contributed by atoms with Crippen LogP contribution in [-0.2, 0) is 13.1 Å². The molecule has 0 amide bonds. The van der Waals surface area contributed by atoms with Gasteiger partial charge in [-0.05, 0) is 35.8 Å². The van der Waals surface area contributed by atoms with Gasteiger partial charge in [0.05, 0.1) is 5.56 Å². The standard InChI is InChI=1S/C27H21N5O/c1-20-9-8-14-32-25(20)30-26(24(27(32)33)15-23(16-28)17-29)31(18-21-10-4-2-5-11-21)19-22-12-6-3-7-13-22/h2-15H,18-19H2,1H3. The molecule has 0 aliphatic carbocycles. The van der Waals surface area contributed by atoms with Crippen LogP contribution in [0.2, 0.25) is 0 Å². The Morgan fingerprint density at radius 3 is 2.06 bits per heavy atom. The van der Waals surface area contributed by atoms with Crippen molar-refractivity contribution in [3.8, 4) is 12.1 Å². The average molecular weight is 431 g/mol. The predicted molar refractivity (Wildman–Crippen MR) is 128 cm³/mol. The molecule has 33 heavy (non-hydrogen) atoms. The fourth-order valence-corrected chi connectivity index (χ4v) is 3.71. The molecule has 0 aliphatic heterocycles. The Labute approximate surface area is 191 Å². The molecule has 160 valence electrons. The van der Waals surface area contributed by atoms with Gasteiger partial charge in [-0.3, -0.25) is 9.20 Å². The molecule has 2 heterocycles. The number of rotatable bonds is 6. The van der Waals surface area contributed by atoms with Crippen LogP contribution in [0, 0.1) is 29.6 Å². The Kier molecular flexibility index (Phi) is 6.29. The van der Waals surface area contributed by atoms with E-state index in [1.165, 1.54) is 10.5 Å². The minimum Gasteiger partial charge on any atom is -0.347 e. The molecule has 0 aliphatic rings. The lowest BCUT2D eigenvalue weighted by molar-refractivity contribution is 0.778. The molecule has 0 radical (unpaired) electrons. The van der Waals surface area contributed by atoms with Crippen LogP contribution in [0.1, 0.15) is 22.3 Å². The Morgan fingerprint density at radius 1 is 0.939 bits per heavy atom. The van der Waals surface area contributed by atoms with Gasteiger partial charge in [-0.25, -0.2) is 4.98 Å². The van der Waals surface area contributed by atoms with Crippen molar-refractivity contribution >= 4 is 17.5 Å². The number of nitrogens with zero attached hydrogens (tertiary/aromatic N) is 5. The highest BCUT2D eigenvalue weighted by atomic mass is 16.1. The Hall–Kier alpha value is -4.68. The molecule has 0 N–H and O–H groups in total. The zero-order chi connectivity index (χ0) is 23.2. The maximum Gasteiger partial charge on any atom is 0.267 e. The minimum absolute atomic E-state index is 0.151. The van der Waals surface area contributed by atoms with E-state index in [0.717, 1.165) is 16.7 Å². The second-order valence-corrected chi connectivity index (χ2v) is 7.65. The van der Waals surface area contributed by atoms with Crippen LogP contribution in [0.3, 0.4) is 0 Å². The zero-order valence-corrected chi connectivity index (χ0v) is 18.1. The lowest BCUT2D eigenvalue weighted by Crippen LogP contribution is -2.29. The zero-order valence-electron chi connectivity index (χ0n) is 18.1. The maximum absolute atomic E-state index is 13.5. The highest BCUT2D eigenvalue weighted by Gasteiger charge is 2.20. The van der Waals surface area contributed by atoms with E-state index in [0.29, 0.717) is 24.6 Å². The molecule has 4 rings (SSSR count). The Bertz CT molecular complexity index is 1400. The third-order valence-corrected chi connectivity index (χ3v) is 5.33. The number of aryl methyl sites for hydroxylation is 1. The van der Waals surface area contributed by atoms with Crippen molar-refractivity contribution in [2.75, 3.05) is 4.90 Å². The van der Waals surface area contributed by atoms with Crippen LogP contribution in [0.4, 0.5) is 5.82 Å². The Balaban J connectivity index is 1.98. The van der Waals surface area contributed by atoms with Crippen molar-refractivity contribution in [2.45, 2.75) is 20.0 Å². The average Bonchev–Trinajstić information content (AvgIpc) is 2.85. The first kappa shape index (κ1) is 21.5. The number of hydrogen-bond acceptors (Lipinski definition) is 5. The van der Waals surface area contributed by atoms with Gasteiger partial charge in [0.2, 0.25) is 0 Å². The van der Waals surface area contributed by atoms with E-state index in [1.807, 2.05) is 90.7 Å². The van der Waals surface area contributed by atoms with Gasteiger partial charge in [0.25, 0.3) is 5.56 Å². The third-order valence-electron chi connectivity index (χ3n) is 5.33. The summed E-state index contributed by atoms with van der Waals surface area (Å²) in [5.74, 6) is 0.435. The van der Waals surface area contributed by atoms with Gasteiger partial charge in [0.15, 0.2) is 0 Å². The second-order valence-electron chi connectivity index (χ2n) is 7.65. The number of pyridine rings is 1. The van der Waals surface area contributed by atoms with Gasteiger partial charge in [-0.2, -0.15) is 10.5 Å². The molecular weight excluding hydrogens is 410 g/mol. The van der Waals surface area contributed by atoms with E-state index >= 15 is 0 Å². The molecule has 2 aromatic carbocycles. The van der Waals surface area contributed by atoms with Crippen molar-refractivity contribution in [1.82, 2.24) is 9.38 Å². The van der Waals surface area contributed by atoms with Crippen molar-refractivity contribution in [2.24, 2.45) is 0 Å². The molecule has 0 bridgehead atoms. The van der Waals surface area contributed by atoms with Gasteiger partial charge in [-0.1, -0.05) is 66.7 Å². The molecule has 0 unspecified atom stereocenters. The number of nitriles is 2. The van der Waals surface area contributed by atoms with Gasteiger partial charge in [0, 0.05) is 19.3 Å². The molecule has 2 aromatic heterocycles. The summed E-state index contributed by atoms with van der Waals surface area (Å²) in [7, 11) is 0. The van der Waals surface area contributed by atoms with Crippen LogP contribution < -0.4 is 10.5 Å². The Morgan fingerprint density at radius 2 is 1.52 bits per heavy atom. The normalized spacial score (nSPS) is 10.3. The summed E-state index contributed by atoms with van der Waals surface area (Å²) in [4.78, 5) is 20.4. The number of aromatic nitrogens is 2. The summed E-state index contributed by atoms with van der Waals surface area (Å²) in [6, 6.07) is 27.2. The largest absolute Gasteiger partial charge is 0.347 e. The monoisotopic (exact) mass is 431 g/mol. The quantitative estimate of drug-likeness (QED) is 0.415. The van der Waals surface area contributed by atoms with E-state index in [-0.39, 0.29) is 16.7 Å². The topological polar surface area (TPSA) is 85.2 Å². The van der Waals surface area contributed by atoms with Crippen LogP contribution in [0.15, 0.2) is 89.4 Å². The molecule has 0 saturated heterocycles. The van der Waals surface area contributed by atoms with Gasteiger partial charge in [0.1, 0.15) is 29.2 Å². The fourth-order valence-electron chi connectivity index (χ4n) is 3.71. The van der Waals surface area contributed by atoms with Gasteiger partial charge < -0.3 is 4.90 Å². The first-order chi connectivity index (χ1) is 16.1. The lowest BCUT2D eigenvalue weighted by atomic mass is 10.1. The minimum atomic E-state index is -0.326. The van der Waals surface area contributed by atoms with E-state index in [4.69, 9.17) is 4.98 Å². The van der Waals surface area contributed by atoms with Crippen LogP contribution in [0.25, 0.3) is 11.7 Å². The molecule has 6 nitrogen and oxygen atoms in total. The van der Waals surface area contributed by atoms with Gasteiger partial charge >= 0.3 is 0 Å². The second kappa shape index (κ2) is 9.64. The fraction of sp³-hybridized carbons (Fsp3) is 0.111. The molecule has 0 atom stereocenters. The number of fused-ring (bicyclic) bond motifs is 1. The summed E-state index contributed by atoms with van der Waals surface area (Å²) < 4.78 is 1.46. The third kappa shape index (κ3) is 4.66. The summed E-state index contributed by atoms with van der Waals surface area (Å²) in [6.45, 7) is 2.90. The van der Waals surface area contributed by atoms with Crippen molar-refractivity contribution in [3.05, 3.63) is 117 Å². The molecule has 0 fully saturated rings. The van der Waals surface area contributed by atoms with Crippen LogP contribution in [0.5, 0.6) is 0 Å². The number of anilines is 1. The van der Waals surface area contributed by atoms with Crippen LogP contribution >= 0.6 is 0 Å². The number of benzene rings is 2. The van der Waals surface area contributed by atoms with E-state index < -0.39 is 0 Å².